The lowest BCUT2D eigenvalue weighted by molar-refractivity contribution is -0.154. The van der Waals surface area contributed by atoms with E-state index in [0.717, 1.165) is 12.8 Å². The van der Waals surface area contributed by atoms with Gasteiger partial charge in [-0.1, -0.05) is 31.1 Å². The molecule has 29 heavy (non-hydrogen) atoms. The Hall–Kier alpha value is -2.25. The maximum Gasteiger partial charge on any atom is 0.366 e. The van der Waals surface area contributed by atoms with Crippen LogP contribution in [0.3, 0.4) is 0 Å². The number of ether oxygens (including phenoxy) is 1. The van der Waals surface area contributed by atoms with Crippen molar-refractivity contribution in [1.29, 1.82) is 0 Å². The van der Waals surface area contributed by atoms with Gasteiger partial charge in [0.2, 0.25) is 11.5 Å². The largest absolute Gasteiger partial charge is 0.460 e. The number of alkyl halides is 2. The summed E-state index contributed by atoms with van der Waals surface area (Å²) in [6, 6.07) is 1.26. The second-order valence-electron chi connectivity index (χ2n) is 9.63. The summed E-state index contributed by atoms with van der Waals surface area (Å²) in [5.74, 6) is -5.03. The Balaban J connectivity index is 1.85. The molecule has 0 unspecified atom stereocenters. The fraction of sp³-hybridized carbons (Fsp3) is 0.667. The molecule has 0 amide bonds. The summed E-state index contributed by atoms with van der Waals surface area (Å²) in [5, 5.41) is 7.66. The second-order valence-corrected chi connectivity index (χ2v) is 9.63. The Bertz CT molecular complexity index is 883. The van der Waals surface area contributed by atoms with Crippen LogP contribution in [0.15, 0.2) is 15.1 Å². The predicted octanol–water partition coefficient (Wildman–Crippen LogP) is 5.25. The molecule has 0 N–H and O–H groups in total. The van der Waals surface area contributed by atoms with Crippen LogP contribution in [-0.2, 0) is 27.3 Å². The van der Waals surface area contributed by atoms with Crippen LogP contribution in [0.25, 0.3) is 0 Å². The molecule has 2 aromatic rings. The molecule has 3 rings (SSSR count). The van der Waals surface area contributed by atoms with E-state index in [1.165, 1.54) is 6.07 Å². The van der Waals surface area contributed by atoms with Crippen LogP contribution in [0.4, 0.5) is 8.78 Å². The highest BCUT2D eigenvalue weighted by Gasteiger charge is 2.49. The van der Waals surface area contributed by atoms with E-state index in [0.29, 0.717) is 17.0 Å². The number of aryl methyl sites for hydroxylation is 1. The average Bonchev–Trinajstić information content (AvgIpc) is 3.09. The molecule has 8 heteroatoms. The van der Waals surface area contributed by atoms with Gasteiger partial charge in [0.1, 0.15) is 5.60 Å². The first-order valence-electron chi connectivity index (χ1n) is 9.85. The first-order valence-corrected chi connectivity index (χ1v) is 9.85. The number of carbonyl (C=O) groups excluding carboxylic acids is 1. The van der Waals surface area contributed by atoms with Crippen LogP contribution < -0.4 is 0 Å². The molecule has 0 spiro atoms. The Morgan fingerprint density at radius 1 is 1.14 bits per heavy atom. The van der Waals surface area contributed by atoms with Crippen molar-refractivity contribution in [2.24, 2.45) is 0 Å². The van der Waals surface area contributed by atoms with Gasteiger partial charge in [-0.15, -0.1) is 0 Å². The zero-order valence-electron chi connectivity index (χ0n) is 17.8. The molecule has 2 heterocycles. The van der Waals surface area contributed by atoms with Gasteiger partial charge in [0.15, 0.2) is 0 Å². The van der Waals surface area contributed by atoms with Gasteiger partial charge in [-0.2, -0.15) is 8.78 Å². The zero-order chi connectivity index (χ0) is 21.6. The van der Waals surface area contributed by atoms with Gasteiger partial charge in [0, 0.05) is 23.5 Å². The van der Waals surface area contributed by atoms with Gasteiger partial charge in [-0.25, -0.2) is 0 Å². The third kappa shape index (κ3) is 4.85. The zero-order valence-corrected chi connectivity index (χ0v) is 17.8. The molecule has 0 aliphatic heterocycles. The third-order valence-electron chi connectivity index (χ3n) is 4.65. The van der Waals surface area contributed by atoms with Gasteiger partial charge >= 0.3 is 11.9 Å². The number of carbonyl (C=O) groups is 1. The minimum Gasteiger partial charge on any atom is -0.460 e. The highest BCUT2D eigenvalue weighted by Crippen LogP contribution is 2.49. The van der Waals surface area contributed by atoms with Gasteiger partial charge in [0.25, 0.3) is 0 Å². The molecule has 1 aliphatic rings. The van der Waals surface area contributed by atoms with Crippen LogP contribution in [0, 0.1) is 0 Å². The van der Waals surface area contributed by atoms with E-state index in [4.69, 9.17) is 13.8 Å². The van der Waals surface area contributed by atoms with Crippen LogP contribution in [-0.4, -0.2) is 21.9 Å². The van der Waals surface area contributed by atoms with E-state index in [1.807, 2.05) is 20.8 Å². The van der Waals surface area contributed by atoms with Crippen molar-refractivity contribution in [1.82, 2.24) is 10.3 Å². The topological polar surface area (TPSA) is 78.4 Å². The smallest absolute Gasteiger partial charge is 0.366 e. The van der Waals surface area contributed by atoms with Crippen LogP contribution >= 0.6 is 0 Å². The molecule has 0 aromatic carbocycles. The number of aromatic nitrogens is 2. The van der Waals surface area contributed by atoms with Crippen molar-refractivity contribution >= 4 is 5.97 Å². The van der Waals surface area contributed by atoms with E-state index in [9.17, 15) is 4.79 Å². The molecule has 1 aliphatic carbocycles. The number of rotatable bonds is 6. The summed E-state index contributed by atoms with van der Waals surface area (Å²) < 4.78 is 45.8. The van der Waals surface area contributed by atoms with Crippen molar-refractivity contribution in [3.63, 3.8) is 0 Å². The molecule has 160 valence electrons. The van der Waals surface area contributed by atoms with Crippen LogP contribution in [0.5, 0.6) is 0 Å². The predicted molar refractivity (Wildman–Crippen MR) is 101 cm³/mol. The number of hydrogen-bond acceptors (Lipinski definition) is 6. The normalized spacial score (nSPS) is 15.6. The average molecular weight is 410 g/mol. The molecule has 1 fully saturated rings. The Morgan fingerprint density at radius 3 is 2.31 bits per heavy atom. The van der Waals surface area contributed by atoms with E-state index >= 15 is 8.78 Å². The Kier molecular flexibility index (Phi) is 5.34. The minimum atomic E-state index is -3.49. The fourth-order valence-corrected chi connectivity index (χ4v) is 3.03. The number of halogens is 2. The van der Waals surface area contributed by atoms with Gasteiger partial charge in [-0.3, -0.25) is 4.79 Å². The quantitative estimate of drug-likeness (QED) is 0.605. The van der Waals surface area contributed by atoms with E-state index in [1.54, 1.807) is 20.8 Å². The van der Waals surface area contributed by atoms with Crippen molar-refractivity contribution in [2.75, 3.05) is 0 Å². The maximum atomic E-state index is 15.2. The number of hydrogen-bond donors (Lipinski definition) is 0. The molecular formula is C21H28F2N2O4. The minimum absolute atomic E-state index is 0.0410. The highest BCUT2D eigenvalue weighted by molar-refractivity contribution is 5.70. The fourth-order valence-electron chi connectivity index (χ4n) is 3.03. The Morgan fingerprint density at radius 2 is 1.79 bits per heavy atom. The van der Waals surface area contributed by atoms with E-state index < -0.39 is 34.4 Å². The summed E-state index contributed by atoms with van der Waals surface area (Å²) in [6.07, 6.45) is 1.80. The summed E-state index contributed by atoms with van der Waals surface area (Å²) in [4.78, 5) is 12.0. The van der Waals surface area contributed by atoms with Gasteiger partial charge in [-0.05, 0) is 39.5 Å². The van der Waals surface area contributed by atoms with Crippen molar-refractivity contribution in [3.8, 4) is 0 Å². The lowest BCUT2D eigenvalue weighted by atomic mass is 9.91. The number of nitrogens with zero attached hydrogens (tertiary/aromatic N) is 2. The summed E-state index contributed by atoms with van der Waals surface area (Å²) in [6.45, 7) is 10.9. The SMILES string of the molecule is CC(C)(C)OC(=O)CCc1noc(C(F)(F)c2cc(C(C)(C)C)no2)c1C1CC1. The number of esters is 1. The van der Waals surface area contributed by atoms with Crippen LogP contribution in [0.1, 0.15) is 95.2 Å². The lowest BCUT2D eigenvalue weighted by Crippen LogP contribution is -2.24. The molecule has 0 saturated heterocycles. The maximum absolute atomic E-state index is 15.2. The van der Waals surface area contributed by atoms with Crippen LogP contribution in [0.2, 0.25) is 0 Å². The lowest BCUT2D eigenvalue weighted by Gasteiger charge is -2.19. The highest BCUT2D eigenvalue weighted by atomic mass is 19.3. The molecule has 0 radical (unpaired) electrons. The van der Waals surface area contributed by atoms with E-state index in [-0.39, 0.29) is 18.8 Å². The van der Waals surface area contributed by atoms with Gasteiger partial charge < -0.3 is 13.8 Å². The van der Waals surface area contributed by atoms with Gasteiger partial charge in [0.05, 0.1) is 17.8 Å². The van der Waals surface area contributed by atoms with Crippen molar-refractivity contribution in [2.45, 2.75) is 90.1 Å². The van der Waals surface area contributed by atoms with E-state index in [2.05, 4.69) is 10.3 Å². The first kappa shape index (κ1) is 21.5. The summed E-state index contributed by atoms with van der Waals surface area (Å²) >= 11 is 0. The summed E-state index contributed by atoms with van der Waals surface area (Å²) in [7, 11) is 0. The molecule has 6 nitrogen and oxygen atoms in total. The van der Waals surface area contributed by atoms with Crippen molar-refractivity contribution in [3.05, 3.63) is 34.5 Å². The first-order chi connectivity index (χ1) is 13.3. The molecule has 0 bridgehead atoms. The molecule has 0 atom stereocenters. The molecular weight excluding hydrogens is 382 g/mol. The standard InChI is InChI=1S/C21H28F2N2O4/c1-19(2,3)14-11-15(28-25-14)21(22,23)18-17(12-7-8-12)13(24-29-18)9-10-16(26)27-20(4,5)6/h11-12H,7-10H2,1-6H3. The van der Waals surface area contributed by atoms with Crippen molar-refractivity contribution < 1.29 is 27.4 Å². The molecule has 1 saturated carbocycles. The summed E-state index contributed by atoms with van der Waals surface area (Å²) in [5.41, 5.74) is 0.174. The molecule has 2 aromatic heterocycles. The third-order valence-corrected chi connectivity index (χ3v) is 4.65. The second kappa shape index (κ2) is 7.22. The Labute approximate surface area is 168 Å². The monoisotopic (exact) mass is 410 g/mol.